The third kappa shape index (κ3) is 4.14. The van der Waals surface area contributed by atoms with E-state index in [1.165, 1.54) is 5.56 Å². The Bertz CT molecular complexity index is 1100. The van der Waals surface area contributed by atoms with Crippen LogP contribution in [0.25, 0.3) is 0 Å². The molecule has 0 radical (unpaired) electrons. The maximum absolute atomic E-state index is 13.0. The van der Waals surface area contributed by atoms with E-state index in [0.29, 0.717) is 15.6 Å². The summed E-state index contributed by atoms with van der Waals surface area (Å²) in [5, 5.41) is 4.54. The van der Waals surface area contributed by atoms with Crippen LogP contribution in [0.4, 0.5) is 0 Å². The fourth-order valence-corrected chi connectivity index (χ4v) is 7.77. The average molecular weight is 518 g/mol. The predicted octanol–water partition coefficient (Wildman–Crippen LogP) is 5.98. The second-order valence-corrected chi connectivity index (χ2v) is 12.1. The minimum atomic E-state index is -0.408. The highest BCUT2D eigenvalue weighted by molar-refractivity contribution is 7.99. The van der Waals surface area contributed by atoms with Crippen LogP contribution in [0.1, 0.15) is 60.0 Å². The molecule has 2 aliphatic heterocycles. The van der Waals surface area contributed by atoms with E-state index in [1.807, 2.05) is 47.0 Å². The molecule has 180 valence electrons. The minimum absolute atomic E-state index is 0.0541. The van der Waals surface area contributed by atoms with Crippen LogP contribution < -0.4 is 5.32 Å². The van der Waals surface area contributed by atoms with Crippen LogP contribution in [0, 0.1) is 11.3 Å². The third-order valence-corrected chi connectivity index (χ3v) is 9.67. The maximum atomic E-state index is 13.0. The molecule has 2 aromatic carbocycles. The van der Waals surface area contributed by atoms with Crippen molar-refractivity contribution in [2.24, 2.45) is 11.3 Å². The average Bonchev–Trinajstić information content (AvgIpc) is 3.07. The molecule has 2 aromatic rings. The number of nitrogens with one attached hydrogen (secondary N) is 1. The molecule has 1 N–H and O–H groups in total. The number of fused-ring (bicyclic) bond motifs is 1. The van der Waals surface area contributed by atoms with Crippen LogP contribution in [0.5, 0.6) is 0 Å². The molecule has 0 bridgehead atoms. The smallest absolute Gasteiger partial charge is 0.253 e. The van der Waals surface area contributed by atoms with Gasteiger partial charge in [0.1, 0.15) is 0 Å². The lowest BCUT2D eigenvalue weighted by Crippen LogP contribution is -2.42. The lowest BCUT2D eigenvalue weighted by molar-refractivity contribution is -0.129. The Morgan fingerprint density at radius 2 is 1.82 bits per heavy atom. The summed E-state index contributed by atoms with van der Waals surface area (Å²) in [6.07, 6.45) is 1.67. The summed E-state index contributed by atoms with van der Waals surface area (Å²) in [5.41, 5.74) is 2.47. The summed E-state index contributed by atoms with van der Waals surface area (Å²) >= 11 is 15.0. The summed E-state index contributed by atoms with van der Waals surface area (Å²) in [6.45, 7) is 5.78. The van der Waals surface area contributed by atoms with Crippen molar-refractivity contribution in [2.75, 3.05) is 24.6 Å². The van der Waals surface area contributed by atoms with E-state index in [4.69, 9.17) is 23.2 Å². The lowest BCUT2D eigenvalue weighted by atomic mass is 9.56. The van der Waals surface area contributed by atoms with Crippen LogP contribution in [-0.2, 0) is 4.79 Å². The van der Waals surface area contributed by atoms with Crippen LogP contribution in [0.3, 0.4) is 0 Å². The van der Waals surface area contributed by atoms with Gasteiger partial charge >= 0.3 is 0 Å². The van der Waals surface area contributed by atoms with E-state index in [2.05, 4.69) is 31.3 Å². The Morgan fingerprint density at radius 1 is 1.12 bits per heavy atom. The van der Waals surface area contributed by atoms with Gasteiger partial charge in [-0.25, -0.2) is 0 Å². The minimum Gasteiger partial charge on any atom is -0.353 e. The van der Waals surface area contributed by atoms with E-state index in [0.717, 1.165) is 43.0 Å². The van der Waals surface area contributed by atoms with Gasteiger partial charge < -0.3 is 10.2 Å². The maximum Gasteiger partial charge on any atom is 0.253 e. The van der Waals surface area contributed by atoms with Crippen molar-refractivity contribution in [1.29, 1.82) is 0 Å². The molecule has 34 heavy (non-hydrogen) atoms. The first-order chi connectivity index (χ1) is 16.3. The fraction of sp³-hybridized carbons (Fsp3) is 0.481. The largest absolute Gasteiger partial charge is 0.353 e. The molecule has 0 unspecified atom stereocenters. The Kier molecular flexibility index (Phi) is 6.64. The van der Waals surface area contributed by atoms with E-state index >= 15 is 0 Å². The highest BCUT2D eigenvalue weighted by atomic mass is 35.5. The van der Waals surface area contributed by atoms with Gasteiger partial charge in [0, 0.05) is 52.2 Å². The molecule has 5 atom stereocenters. The lowest BCUT2D eigenvalue weighted by Gasteiger charge is -2.46. The molecule has 2 amide bonds. The number of carbonyl (C=O) groups excluding carboxylic acids is 2. The number of carbonyl (C=O) groups is 2. The Balaban J connectivity index is 1.52. The zero-order valence-corrected chi connectivity index (χ0v) is 21.8. The number of amides is 2. The van der Waals surface area contributed by atoms with Gasteiger partial charge in [-0.1, -0.05) is 48.3 Å². The number of nitrogens with zero attached hydrogens (tertiary/aromatic N) is 1. The number of halogens is 2. The summed E-state index contributed by atoms with van der Waals surface area (Å²) in [7, 11) is 0. The highest BCUT2D eigenvalue weighted by Crippen LogP contribution is 2.59. The SMILES string of the molecule is C[C@H]1NC(=O)[C@]2(C)CC[C@@H](c3ccc(C(=O)N4CCSCC4)cc3Cl)[C@H](c3ccc(Cl)cc3)[C@H]12. The van der Waals surface area contributed by atoms with E-state index in [-0.39, 0.29) is 35.6 Å². The van der Waals surface area contributed by atoms with Gasteiger partial charge in [0.25, 0.3) is 5.91 Å². The summed E-state index contributed by atoms with van der Waals surface area (Å²) in [6, 6.07) is 13.9. The quantitative estimate of drug-likeness (QED) is 0.545. The first-order valence-corrected chi connectivity index (χ1v) is 13.9. The monoisotopic (exact) mass is 516 g/mol. The summed E-state index contributed by atoms with van der Waals surface area (Å²) in [4.78, 5) is 27.9. The zero-order valence-electron chi connectivity index (χ0n) is 19.5. The van der Waals surface area contributed by atoms with E-state index in [9.17, 15) is 9.59 Å². The second kappa shape index (κ2) is 9.40. The Labute approximate surface area is 215 Å². The highest BCUT2D eigenvalue weighted by Gasteiger charge is 2.57. The molecular formula is C27H30Cl2N2O2S. The number of thioether (sulfide) groups is 1. The Hall–Kier alpha value is -1.69. The first kappa shape index (κ1) is 24.0. The molecule has 1 saturated carbocycles. The topological polar surface area (TPSA) is 49.4 Å². The standard InChI is InChI=1S/C27H30Cl2N2O2S/c1-16-24-23(17-3-6-19(28)7-4-17)21(9-10-27(24,2)26(33)30-16)20-8-5-18(15-22(20)29)25(32)31-11-13-34-14-12-31/h3-8,15-16,21,23-24H,9-14H2,1-2H3,(H,30,33)/t16-,21+,23+,24+,27-/m1/s1. The molecule has 3 fully saturated rings. The summed E-state index contributed by atoms with van der Waals surface area (Å²) in [5.74, 6) is 2.57. The summed E-state index contributed by atoms with van der Waals surface area (Å²) < 4.78 is 0. The molecular weight excluding hydrogens is 487 g/mol. The van der Waals surface area contributed by atoms with Crippen molar-refractivity contribution >= 4 is 46.8 Å². The van der Waals surface area contributed by atoms with Gasteiger partial charge in [-0.15, -0.1) is 0 Å². The van der Waals surface area contributed by atoms with Crippen molar-refractivity contribution in [2.45, 2.75) is 44.6 Å². The van der Waals surface area contributed by atoms with E-state index in [1.54, 1.807) is 0 Å². The van der Waals surface area contributed by atoms with Gasteiger partial charge in [-0.05, 0) is 67.0 Å². The molecule has 3 aliphatic rings. The molecule has 5 rings (SSSR count). The van der Waals surface area contributed by atoms with Crippen LogP contribution in [-0.4, -0.2) is 47.4 Å². The van der Waals surface area contributed by atoms with Crippen LogP contribution >= 0.6 is 35.0 Å². The van der Waals surface area contributed by atoms with Crippen molar-refractivity contribution in [3.63, 3.8) is 0 Å². The molecule has 1 aliphatic carbocycles. The normalized spacial score (nSPS) is 31.2. The number of benzene rings is 2. The molecule has 2 saturated heterocycles. The second-order valence-electron chi connectivity index (χ2n) is 10.1. The van der Waals surface area contributed by atoms with Gasteiger partial charge in [0.05, 0.1) is 5.41 Å². The first-order valence-electron chi connectivity index (χ1n) is 12.0. The Morgan fingerprint density at radius 3 is 2.50 bits per heavy atom. The molecule has 7 heteroatoms. The van der Waals surface area contributed by atoms with Crippen molar-refractivity contribution in [3.8, 4) is 0 Å². The predicted molar refractivity (Wildman–Crippen MR) is 140 cm³/mol. The molecule has 0 spiro atoms. The number of hydrogen-bond donors (Lipinski definition) is 1. The van der Waals surface area contributed by atoms with Crippen LogP contribution in [0.15, 0.2) is 42.5 Å². The van der Waals surface area contributed by atoms with Crippen LogP contribution in [0.2, 0.25) is 10.0 Å². The molecule has 2 heterocycles. The van der Waals surface area contributed by atoms with Gasteiger partial charge in [0.15, 0.2) is 0 Å². The van der Waals surface area contributed by atoms with E-state index < -0.39 is 5.41 Å². The zero-order chi connectivity index (χ0) is 24.0. The van der Waals surface area contributed by atoms with Crippen molar-refractivity contribution in [1.82, 2.24) is 10.2 Å². The van der Waals surface area contributed by atoms with Crippen molar-refractivity contribution in [3.05, 3.63) is 69.2 Å². The number of hydrogen-bond acceptors (Lipinski definition) is 3. The van der Waals surface area contributed by atoms with Crippen molar-refractivity contribution < 1.29 is 9.59 Å². The van der Waals surface area contributed by atoms with Gasteiger partial charge in [0.2, 0.25) is 5.91 Å². The van der Waals surface area contributed by atoms with Gasteiger partial charge in [-0.3, -0.25) is 9.59 Å². The van der Waals surface area contributed by atoms with Gasteiger partial charge in [-0.2, -0.15) is 11.8 Å². The molecule has 0 aromatic heterocycles. The third-order valence-electron chi connectivity index (χ3n) is 8.15. The number of rotatable bonds is 3. The molecule has 4 nitrogen and oxygen atoms in total. The fourth-order valence-electron chi connectivity index (χ4n) is 6.42.